The van der Waals surface area contributed by atoms with Gasteiger partial charge in [0.15, 0.2) is 0 Å². The van der Waals surface area contributed by atoms with Crippen LogP contribution in [-0.2, 0) is 7.05 Å². The highest BCUT2D eigenvalue weighted by molar-refractivity contribution is 6.07. The fourth-order valence-corrected chi connectivity index (χ4v) is 2.62. The second-order valence-electron chi connectivity index (χ2n) is 5.02. The Hall–Kier alpha value is -1.85. The number of benzene rings is 1. The minimum absolute atomic E-state index is 0.146. The minimum atomic E-state index is -0.848. The van der Waals surface area contributed by atoms with Gasteiger partial charge in [0.25, 0.3) is 5.91 Å². The summed E-state index contributed by atoms with van der Waals surface area (Å²) in [5.41, 5.74) is 1.60. The van der Waals surface area contributed by atoms with Crippen LogP contribution in [0.3, 0.4) is 0 Å². The van der Waals surface area contributed by atoms with Gasteiger partial charge in [0, 0.05) is 37.2 Å². The highest BCUT2D eigenvalue weighted by atomic mass is 16.3. The summed E-state index contributed by atoms with van der Waals surface area (Å²) >= 11 is 0. The third kappa shape index (κ3) is 1.91. The first-order valence-electron chi connectivity index (χ1n) is 6.27. The summed E-state index contributed by atoms with van der Waals surface area (Å²) in [6, 6.07) is 7.69. The molecule has 1 aromatic carbocycles. The largest absolute Gasteiger partial charge is 0.388 e. The molecule has 2 N–H and O–H groups in total. The van der Waals surface area contributed by atoms with Gasteiger partial charge in [0.05, 0.1) is 17.8 Å². The lowest BCUT2D eigenvalue weighted by molar-refractivity contribution is 0.0572. The maximum Gasteiger partial charge on any atom is 0.256 e. The summed E-state index contributed by atoms with van der Waals surface area (Å²) in [7, 11) is 1.90. The molecule has 2 atom stereocenters. The van der Waals surface area contributed by atoms with Crippen molar-refractivity contribution in [1.82, 2.24) is 9.47 Å². The van der Waals surface area contributed by atoms with Crippen LogP contribution in [0.15, 0.2) is 30.5 Å². The number of hydrogen-bond acceptors (Lipinski definition) is 3. The molecule has 1 aromatic heterocycles. The third-order valence-electron chi connectivity index (χ3n) is 3.67. The highest BCUT2D eigenvalue weighted by Crippen LogP contribution is 2.23. The number of fused-ring (bicyclic) bond motifs is 1. The topological polar surface area (TPSA) is 65.7 Å². The van der Waals surface area contributed by atoms with Crippen LogP contribution in [0.2, 0.25) is 0 Å². The van der Waals surface area contributed by atoms with Crippen molar-refractivity contribution in [1.29, 1.82) is 0 Å². The Bertz CT molecular complexity index is 625. The molecule has 3 rings (SSSR count). The number of β-amino-alcohol motifs (C(OH)–C–C–N with tert-alkyl or cyclic N) is 2. The molecule has 0 radical (unpaired) electrons. The fourth-order valence-electron chi connectivity index (χ4n) is 2.62. The number of aryl methyl sites for hydroxylation is 1. The van der Waals surface area contributed by atoms with Gasteiger partial charge in [-0.25, -0.2) is 0 Å². The number of rotatable bonds is 1. The predicted octanol–water partition coefficient (Wildman–Crippen LogP) is 0.356. The minimum Gasteiger partial charge on any atom is -0.388 e. The molecular weight excluding hydrogens is 244 g/mol. The number of para-hydroxylation sites is 1. The van der Waals surface area contributed by atoms with Crippen molar-refractivity contribution in [3.8, 4) is 0 Å². The average Bonchev–Trinajstić information content (AvgIpc) is 2.91. The number of amides is 1. The Balaban J connectivity index is 1.99. The number of carbonyl (C=O) groups is 1. The van der Waals surface area contributed by atoms with Crippen LogP contribution in [0.5, 0.6) is 0 Å². The molecule has 0 bridgehead atoms. The first-order chi connectivity index (χ1) is 9.08. The fraction of sp³-hybridized carbons (Fsp3) is 0.357. The molecule has 0 spiro atoms. The van der Waals surface area contributed by atoms with Crippen molar-refractivity contribution >= 4 is 16.8 Å². The molecule has 100 valence electrons. The van der Waals surface area contributed by atoms with Crippen LogP contribution in [-0.4, -0.2) is 50.9 Å². The van der Waals surface area contributed by atoms with Gasteiger partial charge in [-0.15, -0.1) is 0 Å². The smallest absolute Gasteiger partial charge is 0.256 e. The summed E-state index contributed by atoms with van der Waals surface area (Å²) in [5.74, 6) is -0.146. The molecule has 1 fully saturated rings. The standard InChI is InChI=1S/C14H16N2O3/c1-15-6-10(9-4-2-3-5-11(9)15)14(19)16-7-12(17)13(18)8-16/h2-6,12-13,17-18H,7-8H2,1H3. The van der Waals surface area contributed by atoms with Gasteiger partial charge in [-0.1, -0.05) is 18.2 Å². The first-order valence-corrected chi connectivity index (χ1v) is 6.27. The number of nitrogens with zero attached hydrogens (tertiary/aromatic N) is 2. The zero-order chi connectivity index (χ0) is 13.6. The highest BCUT2D eigenvalue weighted by Gasteiger charge is 2.33. The van der Waals surface area contributed by atoms with E-state index in [9.17, 15) is 15.0 Å². The van der Waals surface area contributed by atoms with Gasteiger partial charge in [0.2, 0.25) is 0 Å². The molecule has 5 nitrogen and oxygen atoms in total. The lowest BCUT2D eigenvalue weighted by Gasteiger charge is -2.14. The second kappa shape index (κ2) is 4.36. The molecule has 2 heterocycles. The number of aromatic nitrogens is 1. The van der Waals surface area contributed by atoms with Gasteiger partial charge in [-0.2, -0.15) is 0 Å². The third-order valence-corrected chi connectivity index (χ3v) is 3.67. The van der Waals surface area contributed by atoms with Crippen molar-refractivity contribution in [2.24, 2.45) is 7.05 Å². The van der Waals surface area contributed by atoms with Gasteiger partial charge in [-0.05, 0) is 6.07 Å². The molecular formula is C14H16N2O3. The summed E-state index contributed by atoms with van der Waals surface area (Å²) in [6.45, 7) is 0.368. The zero-order valence-corrected chi connectivity index (χ0v) is 10.7. The van der Waals surface area contributed by atoms with Crippen LogP contribution in [0, 0.1) is 0 Å². The Morgan fingerprint density at radius 1 is 1.21 bits per heavy atom. The van der Waals surface area contributed by atoms with Gasteiger partial charge < -0.3 is 19.7 Å². The van der Waals surface area contributed by atoms with E-state index in [1.54, 1.807) is 6.20 Å². The Kier molecular flexibility index (Phi) is 2.80. The molecule has 19 heavy (non-hydrogen) atoms. The molecule has 0 saturated carbocycles. The van der Waals surface area contributed by atoms with E-state index in [0.29, 0.717) is 5.56 Å². The van der Waals surface area contributed by atoms with Crippen molar-refractivity contribution in [3.63, 3.8) is 0 Å². The first kappa shape index (κ1) is 12.2. The van der Waals surface area contributed by atoms with E-state index in [0.717, 1.165) is 10.9 Å². The number of likely N-dealkylation sites (tertiary alicyclic amines) is 1. The number of aliphatic hydroxyl groups excluding tert-OH is 2. The lowest BCUT2D eigenvalue weighted by Crippen LogP contribution is -2.29. The molecule has 1 amide bonds. The van der Waals surface area contributed by atoms with Crippen LogP contribution in [0.1, 0.15) is 10.4 Å². The van der Waals surface area contributed by atoms with Gasteiger partial charge in [-0.3, -0.25) is 4.79 Å². The Morgan fingerprint density at radius 2 is 1.84 bits per heavy atom. The monoisotopic (exact) mass is 260 g/mol. The second-order valence-corrected chi connectivity index (χ2v) is 5.02. The van der Waals surface area contributed by atoms with E-state index >= 15 is 0 Å². The van der Waals surface area contributed by atoms with Crippen LogP contribution < -0.4 is 0 Å². The molecule has 5 heteroatoms. The van der Waals surface area contributed by atoms with Gasteiger partial charge in [0.1, 0.15) is 0 Å². The predicted molar refractivity (Wildman–Crippen MR) is 70.8 cm³/mol. The maximum atomic E-state index is 12.5. The van der Waals surface area contributed by atoms with E-state index in [2.05, 4.69) is 0 Å². The van der Waals surface area contributed by atoms with Gasteiger partial charge >= 0.3 is 0 Å². The summed E-state index contributed by atoms with van der Waals surface area (Å²) < 4.78 is 1.91. The van der Waals surface area contributed by atoms with Crippen molar-refractivity contribution in [2.45, 2.75) is 12.2 Å². The number of carbonyl (C=O) groups excluding carboxylic acids is 1. The van der Waals surface area contributed by atoms with Crippen LogP contribution >= 0.6 is 0 Å². The SMILES string of the molecule is Cn1cc(C(=O)N2CC(O)C(O)C2)c2ccccc21. The van der Waals surface area contributed by atoms with E-state index in [1.165, 1.54) is 4.90 Å². The Morgan fingerprint density at radius 3 is 2.53 bits per heavy atom. The van der Waals surface area contributed by atoms with Crippen LogP contribution in [0.4, 0.5) is 0 Å². The van der Waals surface area contributed by atoms with Crippen LogP contribution in [0.25, 0.3) is 10.9 Å². The molecule has 0 aliphatic carbocycles. The van der Waals surface area contributed by atoms with E-state index in [4.69, 9.17) is 0 Å². The molecule has 1 saturated heterocycles. The number of hydrogen-bond donors (Lipinski definition) is 2. The molecule has 1 aliphatic rings. The summed E-state index contributed by atoms with van der Waals surface area (Å²) in [4.78, 5) is 14.0. The summed E-state index contributed by atoms with van der Waals surface area (Å²) in [6.07, 6.45) is 0.0993. The van der Waals surface area contributed by atoms with E-state index in [-0.39, 0.29) is 19.0 Å². The normalized spacial score (nSPS) is 23.2. The quantitative estimate of drug-likeness (QED) is 0.778. The zero-order valence-electron chi connectivity index (χ0n) is 10.7. The lowest BCUT2D eigenvalue weighted by atomic mass is 10.1. The maximum absolute atomic E-state index is 12.5. The molecule has 2 aromatic rings. The van der Waals surface area contributed by atoms with Crippen molar-refractivity contribution in [3.05, 3.63) is 36.0 Å². The number of aliphatic hydroxyl groups is 2. The Labute approximate surface area is 110 Å². The molecule has 2 unspecified atom stereocenters. The molecule has 1 aliphatic heterocycles. The van der Waals surface area contributed by atoms with E-state index in [1.807, 2.05) is 35.9 Å². The van der Waals surface area contributed by atoms with Crippen molar-refractivity contribution < 1.29 is 15.0 Å². The van der Waals surface area contributed by atoms with E-state index < -0.39 is 12.2 Å². The summed E-state index contributed by atoms with van der Waals surface area (Å²) in [5, 5.41) is 20.0. The average molecular weight is 260 g/mol. The van der Waals surface area contributed by atoms with Crippen molar-refractivity contribution in [2.75, 3.05) is 13.1 Å².